The minimum atomic E-state index is -0.185. The quantitative estimate of drug-likeness (QED) is 0.589. The third-order valence-electron chi connectivity index (χ3n) is 4.26. The van der Waals surface area contributed by atoms with Crippen LogP contribution in [0.3, 0.4) is 0 Å². The monoisotopic (exact) mass is 304 g/mol. The van der Waals surface area contributed by atoms with Gasteiger partial charge >= 0.3 is 0 Å². The van der Waals surface area contributed by atoms with E-state index < -0.39 is 0 Å². The summed E-state index contributed by atoms with van der Waals surface area (Å²) in [5, 5.41) is 7.57. The van der Waals surface area contributed by atoms with Crippen molar-refractivity contribution in [1.82, 2.24) is 0 Å². The molecule has 0 aliphatic rings. The van der Waals surface area contributed by atoms with Crippen LogP contribution in [-0.2, 0) is 6.42 Å². The Morgan fingerprint density at radius 1 is 1.18 bits per heavy atom. The Morgan fingerprint density at radius 2 is 1.82 bits per heavy atom. The molecule has 0 fully saturated rings. The maximum Gasteiger partial charge on any atom is 0.187 e. The van der Waals surface area contributed by atoms with Crippen LogP contribution in [0.1, 0.15) is 58.1 Å². The van der Waals surface area contributed by atoms with E-state index in [1.165, 1.54) is 0 Å². The Labute approximate surface area is 134 Å². The SMILES string of the molecule is CCC(C[C@@H](C)CC)/C(F)=N/CCc1ccc(C(C)=N)cc1. The molecular formula is C19H29FN2. The van der Waals surface area contributed by atoms with Crippen molar-refractivity contribution in [2.24, 2.45) is 16.8 Å². The number of nitrogens with one attached hydrogen (secondary N) is 1. The number of aliphatic imine (C=N–C) groups is 1. The summed E-state index contributed by atoms with van der Waals surface area (Å²) < 4.78 is 14.2. The first-order chi connectivity index (χ1) is 10.5. The van der Waals surface area contributed by atoms with Gasteiger partial charge in [-0.2, -0.15) is 4.39 Å². The van der Waals surface area contributed by atoms with E-state index in [0.29, 0.717) is 18.2 Å². The summed E-state index contributed by atoms with van der Waals surface area (Å²) in [6.07, 6.45) is 3.52. The Hall–Kier alpha value is -1.51. The van der Waals surface area contributed by atoms with Gasteiger partial charge in [0.2, 0.25) is 0 Å². The van der Waals surface area contributed by atoms with Gasteiger partial charge in [0.25, 0.3) is 0 Å². The molecule has 0 aliphatic carbocycles. The second-order valence-corrected chi connectivity index (χ2v) is 6.13. The number of halogens is 1. The van der Waals surface area contributed by atoms with E-state index in [4.69, 9.17) is 5.41 Å². The Balaban J connectivity index is 2.53. The first kappa shape index (κ1) is 18.5. The summed E-state index contributed by atoms with van der Waals surface area (Å²) in [4.78, 5) is 4.14. The highest BCUT2D eigenvalue weighted by Gasteiger charge is 2.16. The lowest BCUT2D eigenvalue weighted by Crippen LogP contribution is -2.13. The molecule has 3 heteroatoms. The smallest absolute Gasteiger partial charge is 0.187 e. The van der Waals surface area contributed by atoms with Crippen LogP contribution in [0.25, 0.3) is 0 Å². The molecule has 22 heavy (non-hydrogen) atoms. The minimum Gasteiger partial charge on any atom is -0.305 e. The average molecular weight is 304 g/mol. The molecular weight excluding hydrogens is 275 g/mol. The van der Waals surface area contributed by atoms with Crippen molar-refractivity contribution >= 4 is 11.7 Å². The van der Waals surface area contributed by atoms with Crippen molar-refractivity contribution in [3.63, 3.8) is 0 Å². The van der Waals surface area contributed by atoms with Crippen LogP contribution in [0.15, 0.2) is 29.3 Å². The van der Waals surface area contributed by atoms with Gasteiger partial charge in [0.1, 0.15) is 0 Å². The third-order valence-corrected chi connectivity index (χ3v) is 4.26. The van der Waals surface area contributed by atoms with E-state index in [1.54, 1.807) is 6.92 Å². The lowest BCUT2D eigenvalue weighted by atomic mass is 9.92. The largest absolute Gasteiger partial charge is 0.305 e. The van der Waals surface area contributed by atoms with E-state index in [0.717, 1.165) is 36.8 Å². The molecule has 1 aromatic carbocycles. The zero-order chi connectivity index (χ0) is 16.5. The molecule has 0 saturated carbocycles. The molecule has 0 bridgehead atoms. The normalized spacial score (nSPS) is 14.7. The number of hydrogen-bond donors (Lipinski definition) is 1. The minimum absolute atomic E-state index is 0.0297. The lowest BCUT2D eigenvalue weighted by Gasteiger charge is -2.16. The fourth-order valence-electron chi connectivity index (χ4n) is 2.43. The molecule has 1 aromatic rings. The van der Waals surface area contributed by atoms with Crippen molar-refractivity contribution < 1.29 is 4.39 Å². The lowest BCUT2D eigenvalue weighted by molar-refractivity contribution is 0.424. The molecule has 122 valence electrons. The van der Waals surface area contributed by atoms with Crippen molar-refractivity contribution in [2.45, 2.75) is 53.4 Å². The van der Waals surface area contributed by atoms with E-state index in [9.17, 15) is 4.39 Å². The van der Waals surface area contributed by atoms with Crippen LogP contribution in [0, 0.1) is 17.2 Å². The van der Waals surface area contributed by atoms with Crippen molar-refractivity contribution in [3.8, 4) is 0 Å². The molecule has 0 aliphatic heterocycles. The summed E-state index contributed by atoms with van der Waals surface area (Å²) in [5.41, 5.74) is 2.63. The van der Waals surface area contributed by atoms with Crippen LogP contribution < -0.4 is 0 Å². The Morgan fingerprint density at radius 3 is 2.32 bits per heavy atom. The molecule has 0 amide bonds. The zero-order valence-corrected chi connectivity index (χ0v) is 14.3. The topological polar surface area (TPSA) is 36.2 Å². The van der Waals surface area contributed by atoms with Gasteiger partial charge in [-0.05, 0) is 43.2 Å². The van der Waals surface area contributed by atoms with Crippen molar-refractivity contribution in [1.29, 1.82) is 5.41 Å². The Kier molecular flexibility index (Phi) is 8.00. The molecule has 0 spiro atoms. The first-order valence-electron chi connectivity index (χ1n) is 8.32. The van der Waals surface area contributed by atoms with Gasteiger partial charge in [0, 0.05) is 18.2 Å². The molecule has 1 N–H and O–H groups in total. The standard InChI is InChI=1S/C19H29FN2/c1-5-14(3)13-17(6-2)19(20)22-12-11-16-7-9-18(10-8-16)15(4)21/h7-10,14,17,21H,5-6,11-13H2,1-4H3/b21-15?,22-19-/t14-,17?/m0/s1. The summed E-state index contributed by atoms with van der Waals surface area (Å²) >= 11 is 0. The van der Waals surface area contributed by atoms with Crippen molar-refractivity contribution in [2.75, 3.05) is 6.54 Å². The number of hydrogen-bond acceptors (Lipinski definition) is 2. The molecule has 0 saturated heterocycles. The number of nitrogens with zero attached hydrogens (tertiary/aromatic N) is 1. The third kappa shape index (κ3) is 6.08. The predicted octanol–water partition coefficient (Wildman–Crippen LogP) is 5.45. The summed E-state index contributed by atoms with van der Waals surface area (Å²) in [5.74, 6) is 0.329. The number of benzene rings is 1. The summed E-state index contributed by atoms with van der Waals surface area (Å²) in [6.45, 7) is 8.61. The van der Waals surface area contributed by atoms with Gasteiger partial charge in [0.05, 0.1) is 0 Å². The molecule has 0 aromatic heterocycles. The van der Waals surface area contributed by atoms with E-state index in [2.05, 4.69) is 18.8 Å². The maximum atomic E-state index is 14.2. The molecule has 2 nitrogen and oxygen atoms in total. The van der Waals surface area contributed by atoms with Gasteiger partial charge in [-0.25, -0.2) is 0 Å². The zero-order valence-electron chi connectivity index (χ0n) is 14.3. The molecule has 2 atom stereocenters. The van der Waals surface area contributed by atoms with Gasteiger partial charge < -0.3 is 5.41 Å². The van der Waals surface area contributed by atoms with Crippen LogP contribution in [0.4, 0.5) is 4.39 Å². The highest BCUT2D eigenvalue weighted by Crippen LogP contribution is 2.20. The second kappa shape index (κ2) is 9.50. The van der Waals surface area contributed by atoms with E-state index >= 15 is 0 Å². The molecule has 1 unspecified atom stereocenters. The summed E-state index contributed by atoms with van der Waals surface area (Å²) in [6, 6.07) is 7.87. The van der Waals surface area contributed by atoms with Gasteiger partial charge in [-0.15, -0.1) is 0 Å². The first-order valence-corrected chi connectivity index (χ1v) is 8.32. The van der Waals surface area contributed by atoms with E-state index in [1.807, 2.05) is 31.2 Å². The highest BCUT2D eigenvalue weighted by molar-refractivity contribution is 5.96. The predicted molar refractivity (Wildman–Crippen MR) is 93.9 cm³/mol. The van der Waals surface area contributed by atoms with Crippen LogP contribution in [0.5, 0.6) is 0 Å². The highest BCUT2D eigenvalue weighted by atomic mass is 19.1. The molecule has 0 heterocycles. The fourth-order valence-corrected chi connectivity index (χ4v) is 2.43. The molecule has 0 radical (unpaired) electrons. The second-order valence-electron chi connectivity index (χ2n) is 6.13. The number of rotatable bonds is 9. The van der Waals surface area contributed by atoms with E-state index in [-0.39, 0.29) is 11.9 Å². The van der Waals surface area contributed by atoms with Crippen LogP contribution >= 0.6 is 0 Å². The van der Waals surface area contributed by atoms with Crippen LogP contribution in [0.2, 0.25) is 0 Å². The molecule has 1 rings (SSSR count). The fraction of sp³-hybridized carbons (Fsp3) is 0.579. The van der Waals surface area contributed by atoms with Gasteiger partial charge in [-0.1, -0.05) is 51.5 Å². The average Bonchev–Trinajstić information content (AvgIpc) is 2.52. The summed E-state index contributed by atoms with van der Waals surface area (Å²) in [7, 11) is 0. The van der Waals surface area contributed by atoms with Crippen molar-refractivity contribution in [3.05, 3.63) is 35.4 Å². The Bertz CT molecular complexity index is 491. The van der Waals surface area contributed by atoms with Gasteiger partial charge in [-0.3, -0.25) is 4.99 Å². The van der Waals surface area contributed by atoms with Crippen LogP contribution in [-0.4, -0.2) is 18.2 Å². The maximum absolute atomic E-state index is 14.2. The van der Waals surface area contributed by atoms with Gasteiger partial charge in [0.15, 0.2) is 5.97 Å².